The molecule has 0 atom stereocenters. The lowest BCUT2D eigenvalue weighted by Gasteiger charge is -2.08. The summed E-state index contributed by atoms with van der Waals surface area (Å²) in [7, 11) is 3.21. The largest absolute Gasteiger partial charge is 0.493 e. The maximum absolute atomic E-state index is 13.0. The number of benzene rings is 2. The number of methoxy groups -OCH3 is 2. The normalized spacial score (nSPS) is 10.8. The van der Waals surface area contributed by atoms with Crippen LogP contribution in [0, 0.1) is 5.82 Å². The van der Waals surface area contributed by atoms with Crippen molar-refractivity contribution in [2.45, 2.75) is 17.5 Å². The number of aromatic nitrogens is 4. The van der Waals surface area contributed by atoms with Gasteiger partial charge in [0, 0.05) is 16.7 Å². The molecule has 0 amide bonds. The van der Waals surface area contributed by atoms with Crippen molar-refractivity contribution < 1.29 is 18.6 Å². The first-order valence-corrected chi connectivity index (χ1v) is 11.3. The summed E-state index contributed by atoms with van der Waals surface area (Å²) in [5, 5.41) is 11.6. The lowest BCUT2D eigenvalue weighted by molar-refractivity contribution is 0.291. The number of thioether (sulfide) groups is 1. The third-order valence-electron chi connectivity index (χ3n) is 4.45. The summed E-state index contributed by atoms with van der Waals surface area (Å²) in [5.74, 6) is 8.66. The molecule has 0 unspecified atom stereocenters. The van der Waals surface area contributed by atoms with Crippen molar-refractivity contribution in [1.82, 2.24) is 19.9 Å². The molecule has 0 aliphatic rings. The summed E-state index contributed by atoms with van der Waals surface area (Å²) in [6.07, 6.45) is 0. The van der Waals surface area contributed by atoms with Gasteiger partial charge in [0.1, 0.15) is 23.2 Å². The van der Waals surface area contributed by atoms with Crippen molar-refractivity contribution in [3.8, 4) is 27.8 Å². The monoisotopic (exact) mass is 473 g/mol. The Morgan fingerprint density at radius 3 is 2.59 bits per heavy atom. The predicted molar refractivity (Wildman–Crippen MR) is 121 cm³/mol. The van der Waals surface area contributed by atoms with Gasteiger partial charge in [0.05, 0.1) is 19.9 Å². The molecule has 0 spiro atoms. The molecule has 2 heterocycles. The van der Waals surface area contributed by atoms with Gasteiger partial charge in [0.25, 0.3) is 0 Å². The Balaban J connectivity index is 1.37. The SMILES string of the molecule is COc1ccc(-c2nc(CSc3nnc(COc4ccc(F)cc4)n3N)cs2)cc1OC. The first-order valence-electron chi connectivity index (χ1n) is 9.44. The van der Waals surface area contributed by atoms with Crippen molar-refractivity contribution in [3.63, 3.8) is 0 Å². The summed E-state index contributed by atoms with van der Waals surface area (Å²) in [4.78, 5) is 4.69. The van der Waals surface area contributed by atoms with Crippen LogP contribution in [0.3, 0.4) is 0 Å². The van der Waals surface area contributed by atoms with Crippen LogP contribution >= 0.6 is 23.1 Å². The molecule has 2 N–H and O–H groups in total. The highest BCUT2D eigenvalue weighted by molar-refractivity contribution is 7.98. The van der Waals surface area contributed by atoms with Gasteiger partial charge in [-0.1, -0.05) is 11.8 Å². The van der Waals surface area contributed by atoms with Crippen molar-refractivity contribution in [2.24, 2.45) is 0 Å². The molecule has 0 bridgehead atoms. The smallest absolute Gasteiger partial charge is 0.210 e. The summed E-state index contributed by atoms with van der Waals surface area (Å²) in [6, 6.07) is 11.4. The number of nitrogens with zero attached hydrogens (tertiary/aromatic N) is 4. The van der Waals surface area contributed by atoms with E-state index >= 15 is 0 Å². The van der Waals surface area contributed by atoms with Crippen LogP contribution in [0.2, 0.25) is 0 Å². The summed E-state index contributed by atoms with van der Waals surface area (Å²) in [5.41, 5.74) is 1.85. The van der Waals surface area contributed by atoms with Gasteiger partial charge in [0.15, 0.2) is 17.3 Å². The van der Waals surface area contributed by atoms with E-state index in [4.69, 9.17) is 25.0 Å². The van der Waals surface area contributed by atoms with E-state index in [1.807, 2.05) is 23.6 Å². The molecular weight excluding hydrogens is 453 g/mol. The first kappa shape index (κ1) is 21.9. The van der Waals surface area contributed by atoms with E-state index in [0.717, 1.165) is 16.3 Å². The van der Waals surface area contributed by atoms with E-state index < -0.39 is 0 Å². The van der Waals surface area contributed by atoms with E-state index in [2.05, 4.69) is 10.2 Å². The third kappa shape index (κ3) is 4.94. The molecule has 0 aliphatic carbocycles. The average molecular weight is 474 g/mol. The molecule has 0 saturated carbocycles. The lowest BCUT2D eigenvalue weighted by Crippen LogP contribution is -2.15. The Bertz CT molecular complexity index is 1200. The molecule has 11 heteroatoms. The van der Waals surface area contributed by atoms with Crippen molar-refractivity contribution in [2.75, 3.05) is 20.1 Å². The first-order chi connectivity index (χ1) is 15.6. The molecular formula is C21H20FN5O3S2. The molecule has 4 rings (SSSR count). The third-order valence-corrected chi connectivity index (χ3v) is 6.36. The fourth-order valence-corrected chi connectivity index (χ4v) is 4.49. The maximum atomic E-state index is 13.0. The van der Waals surface area contributed by atoms with E-state index in [1.165, 1.54) is 28.6 Å². The quantitative estimate of drug-likeness (QED) is 0.286. The topological polar surface area (TPSA) is 97.3 Å². The highest BCUT2D eigenvalue weighted by Gasteiger charge is 2.14. The van der Waals surface area contributed by atoms with Gasteiger partial charge in [0.2, 0.25) is 5.16 Å². The van der Waals surface area contributed by atoms with Crippen LogP contribution in [-0.2, 0) is 12.4 Å². The molecule has 0 aliphatic heterocycles. The highest BCUT2D eigenvalue weighted by Crippen LogP contribution is 2.34. The number of nitrogen functional groups attached to an aromatic ring is 1. The maximum Gasteiger partial charge on any atom is 0.210 e. The zero-order valence-corrected chi connectivity index (χ0v) is 19.0. The second-order valence-corrected chi connectivity index (χ2v) is 8.31. The number of hydrogen-bond acceptors (Lipinski definition) is 9. The fourth-order valence-electron chi connectivity index (χ4n) is 2.80. The molecule has 0 saturated heterocycles. The zero-order chi connectivity index (χ0) is 22.5. The number of hydrogen-bond donors (Lipinski definition) is 1. The Hall–Kier alpha value is -3.31. The summed E-state index contributed by atoms with van der Waals surface area (Å²) in [6.45, 7) is 0.121. The Morgan fingerprint density at radius 1 is 1.06 bits per heavy atom. The second kappa shape index (κ2) is 9.88. The Morgan fingerprint density at radius 2 is 1.84 bits per heavy atom. The molecule has 166 valence electrons. The van der Waals surface area contributed by atoms with Gasteiger partial charge in [-0.15, -0.1) is 21.5 Å². The Labute approximate surface area is 192 Å². The van der Waals surface area contributed by atoms with Crippen LogP contribution < -0.4 is 20.1 Å². The van der Waals surface area contributed by atoms with Crippen LogP contribution in [0.1, 0.15) is 11.5 Å². The van der Waals surface area contributed by atoms with E-state index in [-0.39, 0.29) is 12.4 Å². The lowest BCUT2D eigenvalue weighted by atomic mass is 10.2. The molecule has 2 aromatic heterocycles. The fraction of sp³-hybridized carbons (Fsp3) is 0.190. The molecule has 32 heavy (non-hydrogen) atoms. The van der Waals surface area contributed by atoms with Crippen molar-refractivity contribution in [1.29, 1.82) is 0 Å². The molecule has 8 nitrogen and oxygen atoms in total. The van der Waals surface area contributed by atoms with Crippen LogP contribution in [0.4, 0.5) is 4.39 Å². The van der Waals surface area contributed by atoms with Crippen molar-refractivity contribution in [3.05, 3.63) is 65.2 Å². The Kier molecular flexibility index (Phi) is 6.76. The van der Waals surface area contributed by atoms with Gasteiger partial charge in [-0.25, -0.2) is 14.1 Å². The number of nitrogens with two attached hydrogens (primary N) is 1. The molecule has 0 fully saturated rings. The predicted octanol–water partition coefficient (Wildman–Crippen LogP) is 4.14. The van der Waals surface area contributed by atoms with Crippen LogP contribution in [0.25, 0.3) is 10.6 Å². The average Bonchev–Trinajstić information content (AvgIpc) is 3.43. The van der Waals surface area contributed by atoms with E-state index in [1.54, 1.807) is 37.7 Å². The summed E-state index contributed by atoms with van der Waals surface area (Å²) >= 11 is 2.97. The molecule has 0 radical (unpaired) electrons. The number of thiazole rings is 1. The van der Waals surface area contributed by atoms with Crippen LogP contribution in [-0.4, -0.2) is 34.1 Å². The van der Waals surface area contributed by atoms with Gasteiger partial charge < -0.3 is 20.1 Å². The van der Waals surface area contributed by atoms with Gasteiger partial charge in [-0.05, 0) is 42.5 Å². The van der Waals surface area contributed by atoms with Crippen LogP contribution in [0.15, 0.2) is 53.0 Å². The van der Waals surface area contributed by atoms with Gasteiger partial charge in [-0.3, -0.25) is 0 Å². The van der Waals surface area contributed by atoms with E-state index in [0.29, 0.717) is 34.0 Å². The van der Waals surface area contributed by atoms with Gasteiger partial charge >= 0.3 is 0 Å². The zero-order valence-electron chi connectivity index (χ0n) is 17.3. The highest BCUT2D eigenvalue weighted by atomic mass is 32.2. The number of rotatable bonds is 9. The minimum Gasteiger partial charge on any atom is -0.493 e. The number of ether oxygens (including phenoxy) is 3. The summed E-state index contributed by atoms with van der Waals surface area (Å²) < 4.78 is 30.6. The minimum absolute atomic E-state index is 0.121. The molecule has 2 aromatic carbocycles. The van der Waals surface area contributed by atoms with E-state index in [9.17, 15) is 4.39 Å². The van der Waals surface area contributed by atoms with Crippen molar-refractivity contribution >= 4 is 23.1 Å². The molecule has 4 aromatic rings. The number of halogens is 1. The minimum atomic E-state index is -0.325. The van der Waals surface area contributed by atoms with Gasteiger partial charge in [-0.2, -0.15) is 0 Å². The second-order valence-electron chi connectivity index (χ2n) is 6.51. The van der Waals surface area contributed by atoms with Crippen LogP contribution in [0.5, 0.6) is 17.2 Å². The standard InChI is InChI=1S/C21H20FN5O3S2/c1-28-17-8-3-13(9-18(17)29-2)20-24-15(11-31-20)12-32-21-26-25-19(27(21)23)10-30-16-6-4-14(22)5-7-16/h3-9,11H,10,12,23H2,1-2H3.